The lowest BCUT2D eigenvalue weighted by molar-refractivity contribution is -0.138. The molecule has 0 spiro atoms. The number of hydrogen-bond acceptors (Lipinski definition) is 5. The Morgan fingerprint density at radius 1 is 1.16 bits per heavy atom. The molecule has 0 bridgehead atoms. The molecule has 1 aromatic heterocycles. The van der Waals surface area contributed by atoms with Gasteiger partial charge in [0.05, 0.1) is 15.6 Å². The van der Waals surface area contributed by atoms with E-state index in [1.54, 1.807) is 0 Å². The minimum absolute atomic E-state index is 0.287. The topological polar surface area (TPSA) is 99.8 Å². The highest BCUT2D eigenvalue weighted by atomic mass is 35.5. The van der Waals surface area contributed by atoms with E-state index in [0.29, 0.717) is 21.5 Å². The number of rotatable bonds is 6. The quantitative estimate of drug-likeness (QED) is 0.394. The van der Waals surface area contributed by atoms with Gasteiger partial charge in [-0.2, -0.15) is 36.7 Å². The molecule has 0 saturated heterocycles. The fourth-order valence-electron chi connectivity index (χ4n) is 2.38. The first kappa shape index (κ1) is 26.1. The van der Waals surface area contributed by atoms with Crippen LogP contribution in [0.25, 0.3) is 5.69 Å². The van der Waals surface area contributed by atoms with E-state index < -0.39 is 60.2 Å². The summed E-state index contributed by atoms with van der Waals surface area (Å²) in [5.74, 6) is -0.739. The summed E-state index contributed by atoms with van der Waals surface area (Å²) in [7, 11) is -5.44. The fraction of sp³-hybridized carbons (Fsp3) is 0.200. The van der Waals surface area contributed by atoms with Gasteiger partial charge in [-0.25, -0.2) is 13.1 Å². The summed E-state index contributed by atoms with van der Waals surface area (Å²) in [6, 6.07) is 2.21. The maximum absolute atomic E-state index is 13.0. The van der Waals surface area contributed by atoms with E-state index in [-0.39, 0.29) is 6.54 Å². The normalized spacial score (nSPS) is 12.9. The Kier molecular flexibility index (Phi) is 7.63. The zero-order valence-electron chi connectivity index (χ0n) is 15.0. The summed E-state index contributed by atoms with van der Waals surface area (Å²) >= 11 is 17.2. The van der Waals surface area contributed by atoms with Crippen LogP contribution in [0.1, 0.15) is 11.3 Å². The minimum Gasteiger partial charge on any atom is -0.365 e. The summed E-state index contributed by atoms with van der Waals surface area (Å²) in [6.07, 6.45) is -9.05. The monoisotopic (exact) mass is 541 g/mol. The van der Waals surface area contributed by atoms with Crippen molar-refractivity contribution < 1.29 is 34.8 Å². The van der Waals surface area contributed by atoms with Gasteiger partial charge in [0.2, 0.25) is 0 Å². The van der Waals surface area contributed by atoms with Gasteiger partial charge in [0.1, 0.15) is 11.8 Å². The Bertz CT molecular complexity index is 1180. The van der Waals surface area contributed by atoms with E-state index in [1.807, 2.05) is 0 Å². The molecule has 2 aromatic rings. The van der Waals surface area contributed by atoms with E-state index in [4.69, 9.17) is 34.8 Å². The average molecular weight is 543 g/mol. The van der Waals surface area contributed by atoms with Gasteiger partial charge in [-0.15, -0.1) is 4.72 Å². The predicted molar refractivity (Wildman–Crippen MR) is 103 cm³/mol. The van der Waals surface area contributed by atoms with Gasteiger partial charge < -0.3 is 5.32 Å². The van der Waals surface area contributed by atoms with Crippen LogP contribution in [0.2, 0.25) is 10.0 Å². The number of nitrogens with zero attached hydrogens (tertiary/aromatic N) is 3. The summed E-state index contributed by atoms with van der Waals surface area (Å²) < 4.78 is 103. The van der Waals surface area contributed by atoms with Crippen molar-refractivity contribution in [2.24, 2.45) is 0 Å². The Hall–Kier alpha value is -2.18. The van der Waals surface area contributed by atoms with Crippen LogP contribution in [0, 0.1) is 11.3 Å². The molecule has 0 aliphatic rings. The number of benzene rings is 1. The van der Waals surface area contributed by atoms with Gasteiger partial charge >= 0.3 is 12.5 Å². The van der Waals surface area contributed by atoms with E-state index in [2.05, 4.69) is 10.4 Å². The molecule has 0 atom stereocenters. The van der Waals surface area contributed by atoms with Crippen LogP contribution in [0.15, 0.2) is 28.6 Å². The SMILES string of the molecule is N#Cc1nn(-c2c(Cl)cc(C(F)(F)F)cc2Cl)c(NC/C=C/Cl)c1S(=O)(=O)NC(F)(F)F. The molecule has 0 amide bonds. The van der Waals surface area contributed by atoms with Crippen molar-refractivity contribution >= 4 is 50.6 Å². The highest BCUT2D eigenvalue weighted by Gasteiger charge is 2.40. The molecule has 17 heteroatoms. The number of sulfonamides is 1. The van der Waals surface area contributed by atoms with Crippen LogP contribution in [-0.2, 0) is 16.2 Å². The number of aromatic nitrogens is 2. The second-order valence-corrected chi connectivity index (χ2v) is 8.37. The number of nitrogens with one attached hydrogen (secondary N) is 2. The van der Waals surface area contributed by atoms with Crippen molar-refractivity contribution in [2.45, 2.75) is 17.4 Å². The minimum atomic E-state index is -5.44. The number of hydrogen-bond donors (Lipinski definition) is 2. The largest absolute Gasteiger partial charge is 0.470 e. The molecule has 32 heavy (non-hydrogen) atoms. The number of anilines is 1. The maximum Gasteiger partial charge on any atom is 0.470 e. The molecule has 0 aliphatic carbocycles. The third kappa shape index (κ3) is 5.78. The molecule has 0 saturated carbocycles. The van der Waals surface area contributed by atoms with Gasteiger partial charge in [0.25, 0.3) is 10.0 Å². The lowest BCUT2D eigenvalue weighted by Crippen LogP contribution is -2.37. The molecule has 7 nitrogen and oxygen atoms in total. The Morgan fingerprint density at radius 3 is 2.16 bits per heavy atom. The van der Waals surface area contributed by atoms with Crippen LogP contribution in [-0.4, -0.2) is 31.0 Å². The second kappa shape index (κ2) is 9.36. The van der Waals surface area contributed by atoms with E-state index in [0.717, 1.165) is 5.54 Å². The van der Waals surface area contributed by atoms with Gasteiger partial charge in [0, 0.05) is 12.1 Å². The number of alkyl halides is 6. The van der Waals surface area contributed by atoms with E-state index >= 15 is 0 Å². The van der Waals surface area contributed by atoms with Crippen LogP contribution in [0.5, 0.6) is 0 Å². The van der Waals surface area contributed by atoms with Crippen molar-refractivity contribution in [1.29, 1.82) is 5.26 Å². The lowest BCUT2D eigenvalue weighted by atomic mass is 10.2. The lowest BCUT2D eigenvalue weighted by Gasteiger charge is -2.16. The molecule has 0 unspecified atom stereocenters. The molecule has 2 rings (SSSR count). The predicted octanol–water partition coefficient (Wildman–Crippen LogP) is 5.03. The van der Waals surface area contributed by atoms with Gasteiger partial charge in [-0.1, -0.05) is 40.9 Å². The molecule has 0 aliphatic heterocycles. The van der Waals surface area contributed by atoms with Crippen LogP contribution < -0.4 is 10.0 Å². The van der Waals surface area contributed by atoms with Crippen molar-refractivity contribution in [2.75, 3.05) is 11.9 Å². The van der Waals surface area contributed by atoms with Gasteiger partial charge in [-0.05, 0) is 12.1 Å². The standard InChI is InChI=1S/C15H8Cl3F6N5O2S/c16-2-1-3-26-13-12(32(30,31)28-15(22,23)24)10(6-25)27-29(13)11-8(17)4-7(5-9(11)18)14(19,20)21/h1-2,4-5,26,28H,3H2/b2-1+. The summed E-state index contributed by atoms with van der Waals surface area (Å²) in [5, 5.41) is 13.9. The molecule has 2 N–H and O–H groups in total. The first-order valence-electron chi connectivity index (χ1n) is 7.82. The highest BCUT2D eigenvalue weighted by Crippen LogP contribution is 2.40. The summed E-state index contributed by atoms with van der Waals surface area (Å²) in [4.78, 5) is -1.24. The Labute approximate surface area is 191 Å². The number of halogens is 9. The Morgan fingerprint density at radius 2 is 1.72 bits per heavy atom. The number of nitriles is 1. The molecular weight excluding hydrogens is 535 g/mol. The smallest absolute Gasteiger partial charge is 0.365 e. The van der Waals surface area contributed by atoms with Crippen molar-refractivity contribution in [1.82, 2.24) is 14.5 Å². The third-order valence-corrected chi connectivity index (χ3v) is 5.68. The third-order valence-electron chi connectivity index (χ3n) is 3.50. The zero-order valence-corrected chi connectivity index (χ0v) is 18.1. The first-order valence-corrected chi connectivity index (χ1v) is 10.5. The molecule has 174 valence electrons. The summed E-state index contributed by atoms with van der Waals surface area (Å²) in [6.45, 7) is -0.287. The van der Waals surface area contributed by atoms with E-state index in [1.165, 1.54) is 12.1 Å². The molecule has 1 aromatic carbocycles. The van der Waals surface area contributed by atoms with Gasteiger partial charge in [0.15, 0.2) is 16.4 Å². The average Bonchev–Trinajstić information content (AvgIpc) is 2.98. The van der Waals surface area contributed by atoms with Crippen molar-refractivity contribution in [3.8, 4) is 11.8 Å². The maximum atomic E-state index is 13.0. The van der Waals surface area contributed by atoms with Crippen molar-refractivity contribution in [3.05, 3.63) is 45.0 Å². The van der Waals surface area contributed by atoms with Crippen molar-refractivity contribution in [3.63, 3.8) is 0 Å². The highest BCUT2D eigenvalue weighted by molar-refractivity contribution is 7.89. The van der Waals surface area contributed by atoms with Crippen LogP contribution in [0.4, 0.5) is 32.2 Å². The van der Waals surface area contributed by atoms with Crippen LogP contribution >= 0.6 is 34.8 Å². The second-order valence-electron chi connectivity index (χ2n) is 5.68. The zero-order chi connectivity index (χ0) is 24.5. The molecule has 0 fully saturated rings. The van der Waals surface area contributed by atoms with Crippen LogP contribution in [0.3, 0.4) is 0 Å². The first-order chi connectivity index (χ1) is 14.6. The van der Waals surface area contributed by atoms with Gasteiger partial charge in [-0.3, -0.25) is 0 Å². The summed E-state index contributed by atoms with van der Waals surface area (Å²) in [5.41, 5.74) is -1.82. The molecular formula is C15H8Cl3F6N5O2S. The Balaban J connectivity index is 2.86. The van der Waals surface area contributed by atoms with E-state index in [9.17, 15) is 40.0 Å². The fourth-order valence-corrected chi connectivity index (χ4v) is 4.28. The molecule has 1 heterocycles. The molecule has 0 radical (unpaired) electrons.